The third-order valence-electron chi connectivity index (χ3n) is 8.33. The van der Waals surface area contributed by atoms with Crippen LogP contribution in [0.4, 0.5) is 0 Å². The van der Waals surface area contributed by atoms with Crippen LogP contribution in [-0.2, 0) is 21.1 Å². The first-order chi connectivity index (χ1) is 26.2. The summed E-state index contributed by atoms with van der Waals surface area (Å²) in [6.07, 6.45) is 0.745. The average Bonchev–Trinajstić information content (AvgIpc) is 3.90. The lowest BCUT2D eigenvalue weighted by atomic mass is 9.98. The lowest BCUT2D eigenvalue weighted by Gasteiger charge is -2.13. The number of imidazole rings is 1. The minimum Gasteiger partial charge on any atom is -0.465 e. The molecular formula is C37H33N6O10S+. The molecule has 0 unspecified atom stereocenters. The van der Waals surface area contributed by atoms with E-state index in [1.807, 2.05) is 60.0 Å². The van der Waals surface area contributed by atoms with Gasteiger partial charge < -0.3 is 19.4 Å². The third kappa shape index (κ3) is 7.29. The highest BCUT2D eigenvalue weighted by Gasteiger charge is 2.40. The van der Waals surface area contributed by atoms with Crippen molar-refractivity contribution >= 4 is 26.8 Å². The van der Waals surface area contributed by atoms with E-state index >= 15 is 0 Å². The van der Waals surface area contributed by atoms with E-state index in [-0.39, 0.29) is 23.0 Å². The Labute approximate surface area is 307 Å². The lowest BCUT2D eigenvalue weighted by molar-refractivity contribution is -1.06. The van der Waals surface area contributed by atoms with Crippen molar-refractivity contribution in [2.45, 2.75) is 36.2 Å². The zero-order chi connectivity index (χ0) is 37.7. The van der Waals surface area contributed by atoms with Crippen molar-refractivity contribution in [1.82, 2.24) is 24.8 Å². The first-order valence-electron chi connectivity index (χ1n) is 16.8. The van der Waals surface area contributed by atoms with E-state index in [1.54, 1.807) is 36.4 Å². The van der Waals surface area contributed by atoms with Gasteiger partial charge in [0.15, 0.2) is 10.7 Å². The summed E-state index contributed by atoms with van der Waals surface area (Å²) in [7, 11) is -4.18. The molecule has 2 N–H and O–H groups in total. The Bertz CT molecular complexity index is 2580. The first-order valence-corrected chi connectivity index (χ1v) is 18.3. The second kappa shape index (κ2) is 15.5. The zero-order valence-corrected chi connectivity index (χ0v) is 29.6. The molecule has 0 aliphatic rings. The Morgan fingerprint density at radius 3 is 2.37 bits per heavy atom. The Hall–Kier alpha value is -6.75. The van der Waals surface area contributed by atoms with Crippen molar-refractivity contribution in [3.8, 4) is 34.4 Å². The highest BCUT2D eigenvalue weighted by Crippen LogP contribution is 2.31. The molecule has 0 bridgehead atoms. The van der Waals surface area contributed by atoms with Gasteiger partial charge in [-0.3, -0.25) is 14.1 Å². The molecule has 0 saturated carbocycles. The topological polar surface area (TPSA) is 206 Å². The van der Waals surface area contributed by atoms with Crippen LogP contribution in [0.15, 0.2) is 121 Å². The maximum absolute atomic E-state index is 13.4. The quantitative estimate of drug-likeness (QED) is 0.0817. The number of benzene rings is 4. The molecule has 0 radical (unpaired) electrons. The molecule has 0 saturated heterocycles. The number of carbonyl (C=O) groups excluding carboxylic acids is 1. The van der Waals surface area contributed by atoms with Crippen LogP contribution in [-0.4, -0.2) is 64.3 Å². The molecule has 3 heterocycles. The number of hydrogen-bond acceptors (Lipinski definition) is 13. The van der Waals surface area contributed by atoms with Crippen LogP contribution in [0.3, 0.4) is 0 Å². The van der Waals surface area contributed by atoms with E-state index in [4.69, 9.17) is 18.7 Å². The van der Waals surface area contributed by atoms with Crippen molar-refractivity contribution in [1.29, 1.82) is 0 Å². The van der Waals surface area contributed by atoms with Crippen LogP contribution in [0.1, 0.15) is 35.7 Å². The number of nitrogens with zero attached hydrogens (tertiary/aromatic N) is 5. The van der Waals surface area contributed by atoms with Gasteiger partial charge >= 0.3 is 22.6 Å². The van der Waals surface area contributed by atoms with E-state index in [9.17, 15) is 23.2 Å². The molecule has 276 valence electrons. The lowest BCUT2D eigenvalue weighted by Crippen LogP contribution is -2.34. The summed E-state index contributed by atoms with van der Waals surface area (Å²) in [4.78, 5) is 32.2. The number of aromatic amines is 1. The Balaban J connectivity index is 1.02. The van der Waals surface area contributed by atoms with Crippen LogP contribution < -0.4 is 20.1 Å². The van der Waals surface area contributed by atoms with Gasteiger partial charge in [-0.25, -0.2) is 18.0 Å². The van der Waals surface area contributed by atoms with Crippen molar-refractivity contribution in [3.63, 3.8) is 0 Å². The van der Waals surface area contributed by atoms with Gasteiger partial charge in [-0.2, -0.15) is 4.98 Å². The molecule has 0 spiro atoms. The number of para-hydroxylation sites is 1. The maximum atomic E-state index is 13.4. The predicted octanol–water partition coefficient (Wildman–Crippen LogP) is 4.86. The Morgan fingerprint density at radius 1 is 0.889 bits per heavy atom. The van der Waals surface area contributed by atoms with Crippen LogP contribution in [0.5, 0.6) is 11.9 Å². The van der Waals surface area contributed by atoms with Gasteiger partial charge in [-0.05, 0) is 65.4 Å². The summed E-state index contributed by atoms with van der Waals surface area (Å²) in [6.45, 7) is 2.60. The predicted molar refractivity (Wildman–Crippen MR) is 189 cm³/mol. The first kappa shape index (κ1) is 35.6. The normalized spacial score (nSPS) is 11.5. The van der Waals surface area contributed by atoms with Crippen molar-refractivity contribution in [3.05, 3.63) is 119 Å². The summed E-state index contributed by atoms with van der Waals surface area (Å²) in [5.74, 6) is -1.26. The fourth-order valence-corrected chi connectivity index (χ4v) is 7.14. The van der Waals surface area contributed by atoms with E-state index in [0.29, 0.717) is 60.0 Å². The second-order valence-electron chi connectivity index (χ2n) is 11.8. The molecule has 4 aromatic carbocycles. The molecule has 0 atom stereocenters. The van der Waals surface area contributed by atoms with Crippen LogP contribution in [0.25, 0.3) is 33.5 Å². The van der Waals surface area contributed by atoms with Crippen molar-refractivity contribution in [2.24, 2.45) is 0 Å². The molecule has 7 rings (SSSR count). The number of hydrogen-bond donors (Lipinski definition) is 2. The Morgan fingerprint density at radius 2 is 1.63 bits per heavy atom. The van der Waals surface area contributed by atoms with E-state index in [0.717, 1.165) is 16.7 Å². The van der Waals surface area contributed by atoms with Gasteiger partial charge in [0, 0.05) is 5.56 Å². The number of esters is 1. The maximum Gasteiger partial charge on any atom is 0.445 e. The zero-order valence-electron chi connectivity index (χ0n) is 28.7. The highest BCUT2D eigenvalue weighted by atomic mass is 32.2. The summed E-state index contributed by atoms with van der Waals surface area (Å²) in [6, 6.07) is 28.4. The molecule has 0 aliphatic heterocycles. The van der Waals surface area contributed by atoms with Gasteiger partial charge in [0.25, 0.3) is 15.8 Å². The van der Waals surface area contributed by atoms with E-state index in [1.165, 1.54) is 12.1 Å². The van der Waals surface area contributed by atoms with Gasteiger partial charge in [-0.15, -0.1) is 0 Å². The molecular weight excluding hydrogens is 721 g/mol. The molecule has 16 nitrogen and oxygen atoms in total. The van der Waals surface area contributed by atoms with Gasteiger partial charge in [0.1, 0.15) is 0 Å². The summed E-state index contributed by atoms with van der Waals surface area (Å²) < 4.78 is 54.2. The van der Waals surface area contributed by atoms with Crippen LogP contribution in [0.2, 0.25) is 0 Å². The standard InChI is InChI=1S/C37H32N6O10S/c1-2-49-36-38-30-16-10-15-29(35(44)51-22-9-8-21-50-33-34(43(46)53-41-33)54(47,48)26-11-4-3-5-12-26)31(30)42(36)23-24-17-19-25(20-18-24)27-13-6-7-14-28(27)32-39-37(45)52-40-32/h3-7,10-20H,2,8-9,21-23H2,1H3,(H-,39,40,41,45,46)/p+1. The summed E-state index contributed by atoms with van der Waals surface area (Å²) in [5.41, 5.74) is 4.78. The molecule has 54 heavy (non-hydrogen) atoms. The molecule has 0 amide bonds. The summed E-state index contributed by atoms with van der Waals surface area (Å²) in [5, 5.41) is 16.7. The number of sulfone groups is 1. The smallest absolute Gasteiger partial charge is 0.445 e. The largest absolute Gasteiger partial charge is 0.465 e. The number of carbonyl (C=O) groups is 1. The number of nitrogens with one attached hydrogen (secondary N) is 1. The Kier molecular flexibility index (Phi) is 10.2. The SMILES string of the molecule is CCOc1nc2cccc(C(=O)OCCCCOc3no[n+](O)c3S(=O)(=O)c3ccccc3)c2n1Cc1ccc(-c2ccccc2-c2noc(=O)[nH]2)cc1. The number of fused-ring (bicyclic) bond motifs is 1. The number of aromatic nitrogens is 6. The molecule has 0 fully saturated rings. The number of rotatable bonds is 15. The minimum absolute atomic E-state index is 0.00552. The van der Waals surface area contributed by atoms with Gasteiger partial charge in [0.05, 0.1) is 47.9 Å². The van der Waals surface area contributed by atoms with Crippen LogP contribution >= 0.6 is 0 Å². The van der Waals surface area contributed by atoms with Crippen molar-refractivity contribution < 1.29 is 46.7 Å². The summed E-state index contributed by atoms with van der Waals surface area (Å²) >= 11 is 0. The second-order valence-corrected chi connectivity index (χ2v) is 13.7. The minimum atomic E-state index is -4.18. The van der Waals surface area contributed by atoms with Crippen molar-refractivity contribution in [2.75, 3.05) is 19.8 Å². The molecule has 7 aromatic rings. The van der Waals surface area contributed by atoms with Gasteiger partial charge in [-0.1, -0.05) is 78.0 Å². The van der Waals surface area contributed by atoms with E-state index < -0.39 is 32.5 Å². The molecule has 17 heteroatoms. The van der Waals surface area contributed by atoms with Crippen LogP contribution in [0, 0.1) is 0 Å². The fraction of sp³-hybridized carbons (Fsp3) is 0.189. The highest BCUT2D eigenvalue weighted by molar-refractivity contribution is 7.91. The number of H-pyrrole nitrogens is 1. The van der Waals surface area contributed by atoms with Gasteiger partial charge in [0.2, 0.25) is 5.16 Å². The number of unbranched alkanes of at least 4 members (excludes halogenated alkanes) is 1. The fourth-order valence-electron chi connectivity index (χ4n) is 5.84. The van der Waals surface area contributed by atoms with E-state index in [2.05, 4.69) is 24.9 Å². The monoisotopic (exact) mass is 753 g/mol. The molecule has 3 aromatic heterocycles. The molecule has 0 aliphatic carbocycles. The number of ether oxygens (including phenoxy) is 3. The average molecular weight is 754 g/mol. The third-order valence-corrected chi connectivity index (χ3v) is 10.1.